The van der Waals surface area contributed by atoms with Crippen molar-refractivity contribution in [3.8, 4) is 0 Å². The zero-order valence-electron chi connectivity index (χ0n) is 12.8. The molecule has 7 heteroatoms. The molecule has 2 N–H and O–H groups in total. The topological polar surface area (TPSA) is 71.8 Å². The van der Waals surface area contributed by atoms with Crippen molar-refractivity contribution in [2.24, 2.45) is 7.05 Å². The summed E-state index contributed by atoms with van der Waals surface area (Å²) < 4.78 is 1.64. The maximum absolute atomic E-state index is 11.7. The van der Waals surface area contributed by atoms with Crippen LogP contribution >= 0.6 is 11.3 Å². The summed E-state index contributed by atoms with van der Waals surface area (Å²) in [6.45, 7) is 6.99. The van der Waals surface area contributed by atoms with Crippen molar-refractivity contribution in [1.29, 1.82) is 0 Å². The molecule has 0 aliphatic rings. The van der Waals surface area contributed by atoms with Crippen LogP contribution in [-0.2, 0) is 18.9 Å². The van der Waals surface area contributed by atoms with E-state index in [0.717, 1.165) is 17.1 Å². The molecular weight excluding hydrogens is 286 g/mol. The molecule has 0 saturated heterocycles. The summed E-state index contributed by atoms with van der Waals surface area (Å²) in [5.74, 6) is 0. The third kappa shape index (κ3) is 4.56. The first kappa shape index (κ1) is 15.5. The van der Waals surface area contributed by atoms with E-state index in [1.165, 1.54) is 0 Å². The highest BCUT2D eigenvalue weighted by Gasteiger charge is 2.17. The average molecular weight is 307 g/mol. The molecule has 2 aromatic rings. The Balaban J connectivity index is 1.76. The van der Waals surface area contributed by atoms with E-state index in [0.29, 0.717) is 12.2 Å². The molecule has 6 nitrogen and oxygen atoms in total. The van der Waals surface area contributed by atoms with Crippen LogP contribution in [0.2, 0.25) is 0 Å². The van der Waals surface area contributed by atoms with Gasteiger partial charge < -0.3 is 10.6 Å². The minimum Gasteiger partial charge on any atom is -0.337 e. The number of carbonyl (C=O) groups excluding carboxylic acids is 1. The van der Waals surface area contributed by atoms with Gasteiger partial charge in [-0.25, -0.2) is 9.78 Å². The molecule has 0 bridgehead atoms. The van der Waals surface area contributed by atoms with Crippen LogP contribution < -0.4 is 10.6 Å². The van der Waals surface area contributed by atoms with E-state index in [1.54, 1.807) is 35.5 Å². The van der Waals surface area contributed by atoms with Crippen molar-refractivity contribution in [3.05, 3.63) is 28.5 Å². The number of nitrogens with one attached hydrogen (secondary N) is 2. The molecule has 2 rings (SSSR count). The number of hydrogen-bond donors (Lipinski definition) is 2. The third-order valence-corrected chi connectivity index (χ3v) is 3.82. The van der Waals surface area contributed by atoms with E-state index in [-0.39, 0.29) is 11.4 Å². The van der Waals surface area contributed by atoms with Crippen molar-refractivity contribution in [2.75, 3.05) is 11.9 Å². The molecule has 0 saturated carbocycles. The van der Waals surface area contributed by atoms with E-state index in [9.17, 15) is 4.79 Å². The summed E-state index contributed by atoms with van der Waals surface area (Å²) in [6.07, 6.45) is 4.09. The van der Waals surface area contributed by atoms with E-state index >= 15 is 0 Å². The zero-order valence-corrected chi connectivity index (χ0v) is 13.6. The maximum atomic E-state index is 11.7. The van der Waals surface area contributed by atoms with E-state index in [4.69, 9.17) is 0 Å². The number of hydrogen-bond acceptors (Lipinski definition) is 4. The predicted octanol–water partition coefficient (Wildman–Crippen LogP) is 2.54. The molecule has 0 fully saturated rings. The van der Waals surface area contributed by atoms with Gasteiger partial charge in [-0.1, -0.05) is 20.8 Å². The monoisotopic (exact) mass is 307 g/mol. The third-order valence-electron chi connectivity index (χ3n) is 2.91. The summed E-state index contributed by atoms with van der Waals surface area (Å²) in [5.41, 5.74) is 1.85. The number of aromatic nitrogens is 3. The van der Waals surface area contributed by atoms with Gasteiger partial charge in [0, 0.05) is 37.0 Å². The smallest absolute Gasteiger partial charge is 0.319 e. The van der Waals surface area contributed by atoms with Crippen LogP contribution in [0.3, 0.4) is 0 Å². The summed E-state index contributed by atoms with van der Waals surface area (Å²) in [7, 11) is 1.80. The van der Waals surface area contributed by atoms with Crippen LogP contribution in [0, 0.1) is 0 Å². The average Bonchev–Trinajstić information content (AvgIpc) is 2.98. The van der Waals surface area contributed by atoms with Gasteiger partial charge in [-0.05, 0) is 0 Å². The van der Waals surface area contributed by atoms with Gasteiger partial charge in [0.05, 0.1) is 22.6 Å². The molecule has 2 aromatic heterocycles. The molecule has 2 amide bonds. The van der Waals surface area contributed by atoms with Crippen LogP contribution in [-0.4, -0.2) is 27.3 Å². The zero-order chi connectivity index (χ0) is 15.5. The molecule has 0 aliphatic heterocycles. The second-order valence-electron chi connectivity index (χ2n) is 5.91. The molecule has 0 spiro atoms. The van der Waals surface area contributed by atoms with Crippen LogP contribution in [0.15, 0.2) is 17.8 Å². The summed E-state index contributed by atoms with van der Waals surface area (Å²) in [6, 6.07) is -0.226. The lowest BCUT2D eigenvalue weighted by molar-refractivity contribution is 0.252. The Hall–Kier alpha value is -1.89. The number of aryl methyl sites for hydroxylation is 1. The van der Waals surface area contributed by atoms with Gasteiger partial charge in [-0.15, -0.1) is 11.3 Å². The first-order chi connectivity index (χ1) is 9.84. The summed E-state index contributed by atoms with van der Waals surface area (Å²) in [5, 5.41) is 12.7. The SMILES string of the molecule is Cn1cc(NC(=O)NCCc2nc(C(C)(C)C)cs2)cn1. The van der Waals surface area contributed by atoms with E-state index < -0.39 is 0 Å². The number of thiazole rings is 1. The molecule has 0 aromatic carbocycles. The summed E-state index contributed by atoms with van der Waals surface area (Å²) in [4.78, 5) is 16.3. The number of urea groups is 1. The Kier molecular flexibility index (Phi) is 4.62. The number of rotatable bonds is 4. The van der Waals surface area contributed by atoms with Gasteiger partial charge in [-0.3, -0.25) is 4.68 Å². The van der Waals surface area contributed by atoms with E-state index in [1.807, 2.05) is 0 Å². The van der Waals surface area contributed by atoms with Crippen molar-refractivity contribution >= 4 is 23.1 Å². The fourth-order valence-electron chi connectivity index (χ4n) is 1.71. The molecular formula is C14H21N5OS. The van der Waals surface area contributed by atoms with E-state index in [2.05, 4.69) is 46.9 Å². The number of amides is 2. The lowest BCUT2D eigenvalue weighted by Crippen LogP contribution is -2.30. The normalized spacial score (nSPS) is 11.4. The molecule has 0 radical (unpaired) electrons. The van der Waals surface area contributed by atoms with Crippen molar-refractivity contribution in [3.63, 3.8) is 0 Å². The quantitative estimate of drug-likeness (QED) is 0.912. The maximum Gasteiger partial charge on any atom is 0.319 e. The molecule has 0 unspecified atom stereocenters. The highest BCUT2D eigenvalue weighted by Crippen LogP contribution is 2.23. The first-order valence-corrected chi connectivity index (χ1v) is 7.71. The van der Waals surface area contributed by atoms with Crippen LogP contribution in [0.4, 0.5) is 10.5 Å². The first-order valence-electron chi connectivity index (χ1n) is 6.83. The predicted molar refractivity (Wildman–Crippen MR) is 84.7 cm³/mol. The summed E-state index contributed by atoms with van der Waals surface area (Å²) >= 11 is 1.64. The minimum atomic E-state index is -0.226. The number of nitrogens with zero attached hydrogens (tertiary/aromatic N) is 3. The van der Waals surface area contributed by atoms with Crippen LogP contribution in [0.25, 0.3) is 0 Å². The van der Waals surface area contributed by atoms with Crippen molar-refractivity contribution < 1.29 is 4.79 Å². The minimum absolute atomic E-state index is 0.0693. The second-order valence-corrected chi connectivity index (χ2v) is 6.85. The molecule has 21 heavy (non-hydrogen) atoms. The van der Waals surface area contributed by atoms with Crippen molar-refractivity contribution in [2.45, 2.75) is 32.6 Å². The van der Waals surface area contributed by atoms with Gasteiger partial charge in [0.2, 0.25) is 0 Å². The molecule has 114 valence electrons. The fourth-order valence-corrected chi connectivity index (χ4v) is 2.74. The van der Waals surface area contributed by atoms with Gasteiger partial charge in [-0.2, -0.15) is 5.10 Å². The number of anilines is 1. The Morgan fingerprint density at radius 3 is 2.76 bits per heavy atom. The van der Waals surface area contributed by atoms with Crippen molar-refractivity contribution in [1.82, 2.24) is 20.1 Å². The van der Waals surface area contributed by atoms with Gasteiger partial charge in [0.1, 0.15) is 0 Å². The van der Waals surface area contributed by atoms with Gasteiger partial charge in [0.25, 0.3) is 0 Å². The highest BCUT2D eigenvalue weighted by atomic mass is 32.1. The number of carbonyl (C=O) groups is 1. The molecule has 0 atom stereocenters. The molecule has 0 aliphatic carbocycles. The fraction of sp³-hybridized carbons (Fsp3) is 0.500. The Morgan fingerprint density at radius 2 is 2.19 bits per heavy atom. The lowest BCUT2D eigenvalue weighted by Gasteiger charge is -2.14. The Bertz CT molecular complexity index is 611. The van der Waals surface area contributed by atoms with Crippen LogP contribution in [0.5, 0.6) is 0 Å². The highest BCUT2D eigenvalue weighted by molar-refractivity contribution is 7.09. The standard InChI is InChI=1S/C14H21N5OS/c1-14(2,3)11-9-21-12(18-11)5-6-15-13(20)17-10-7-16-19(4)8-10/h7-9H,5-6H2,1-4H3,(H2,15,17,20). The second kappa shape index (κ2) is 6.26. The van der Waals surface area contributed by atoms with Gasteiger partial charge >= 0.3 is 6.03 Å². The molecule has 2 heterocycles. The van der Waals surface area contributed by atoms with Crippen LogP contribution in [0.1, 0.15) is 31.5 Å². The van der Waals surface area contributed by atoms with Gasteiger partial charge in [0.15, 0.2) is 0 Å². The Labute approximate surface area is 128 Å². The lowest BCUT2D eigenvalue weighted by atomic mass is 9.93. The Morgan fingerprint density at radius 1 is 1.43 bits per heavy atom. The largest absolute Gasteiger partial charge is 0.337 e.